The Labute approximate surface area is 174 Å². The topological polar surface area (TPSA) is 114 Å². The van der Waals surface area contributed by atoms with Crippen molar-refractivity contribution in [3.63, 3.8) is 0 Å². The molecule has 0 saturated carbocycles. The first-order chi connectivity index (χ1) is 13.7. The van der Waals surface area contributed by atoms with E-state index in [1.54, 1.807) is 18.2 Å². The molecule has 1 N–H and O–H groups in total. The van der Waals surface area contributed by atoms with Gasteiger partial charge in [-0.3, -0.25) is 14.5 Å². The van der Waals surface area contributed by atoms with Crippen LogP contribution in [-0.4, -0.2) is 46.2 Å². The lowest BCUT2D eigenvalue weighted by molar-refractivity contribution is -0.148. The molecular weight excluding hydrogens is 422 g/mol. The van der Waals surface area contributed by atoms with Crippen LogP contribution in [-0.2, 0) is 14.3 Å². The molecule has 0 aliphatic carbocycles. The molecule has 1 aromatic carbocycles. The van der Waals surface area contributed by atoms with Crippen molar-refractivity contribution in [2.45, 2.75) is 13.0 Å². The minimum absolute atomic E-state index is 0.0319. The van der Waals surface area contributed by atoms with Gasteiger partial charge in [-0.2, -0.15) is 0 Å². The Kier molecular flexibility index (Phi) is 5.81. The molecular formula is C19H14ClNO7S. The molecule has 3 rings (SSSR count). The summed E-state index contributed by atoms with van der Waals surface area (Å²) < 4.78 is 10.2. The Balaban J connectivity index is 1.84. The van der Waals surface area contributed by atoms with Crippen molar-refractivity contribution in [2.75, 3.05) is 7.11 Å². The predicted octanol–water partition coefficient (Wildman–Crippen LogP) is 3.90. The van der Waals surface area contributed by atoms with Crippen LogP contribution in [0.4, 0.5) is 4.79 Å². The van der Waals surface area contributed by atoms with Gasteiger partial charge in [0.1, 0.15) is 17.6 Å². The highest BCUT2D eigenvalue weighted by Gasteiger charge is 2.41. The summed E-state index contributed by atoms with van der Waals surface area (Å²) in [6, 6.07) is 6.54. The number of methoxy groups -OCH3 is 1. The molecule has 2 amide bonds. The molecule has 0 bridgehead atoms. The van der Waals surface area contributed by atoms with Crippen LogP contribution in [0.2, 0.25) is 5.02 Å². The number of nitrogens with zero attached hydrogens (tertiary/aromatic N) is 1. The number of carboxylic acid groups (broad SMARTS) is 1. The third-order valence-corrected chi connectivity index (χ3v) is 5.33. The third kappa shape index (κ3) is 4.06. The van der Waals surface area contributed by atoms with Gasteiger partial charge in [0, 0.05) is 11.6 Å². The fourth-order valence-corrected chi connectivity index (χ4v) is 3.80. The molecule has 0 spiro atoms. The van der Waals surface area contributed by atoms with E-state index in [4.69, 9.17) is 21.1 Å². The van der Waals surface area contributed by atoms with Gasteiger partial charge < -0.3 is 14.3 Å². The minimum atomic E-state index is -1.14. The number of carbonyl (C=O) groups is 4. The lowest BCUT2D eigenvalue weighted by Crippen LogP contribution is -2.42. The summed E-state index contributed by atoms with van der Waals surface area (Å²) >= 11 is 6.66. The van der Waals surface area contributed by atoms with Crippen LogP contribution in [0.3, 0.4) is 0 Å². The number of hydrogen-bond acceptors (Lipinski definition) is 7. The van der Waals surface area contributed by atoms with Crippen LogP contribution in [0.5, 0.6) is 0 Å². The van der Waals surface area contributed by atoms with Gasteiger partial charge in [-0.05, 0) is 43.0 Å². The largest absolute Gasteiger partial charge is 0.478 e. The lowest BCUT2D eigenvalue weighted by atomic mass is 10.1. The Morgan fingerprint density at radius 3 is 2.62 bits per heavy atom. The van der Waals surface area contributed by atoms with E-state index in [1.165, 1.54) is 32.2 Å². The van der Waals surface area contributed by atoms with E-state index < -0.39 is 29.1 Å². The molecule has 0 radical (unpaired) electrons. The summed E-state index contributed by atoms with van der Waals surface area (Å²) in [5, 5.41) is 8.52. The molecule has 1 aromatic heterocycles. The normalized spacial score (nSPS) is 16.4. The molecule has 1 aliphatic heterocycles. The van der Waals surface area contributed by atoms with Crippen molar-refractivity contribution in [1.82, 2.24) is 4.90 Å². The Hall–Kier alpha value is -3.04. The van der Waals surface area contributed by atoms with E-state index in [0.717, 1.165) is 4.90 Å². The first-order valence-corrected chi connectivity index (χ1v) is 9.40. The number of carboxylic acids is 1. The van der Waals surface area contributed by atoms with Crippen LogP contribution in [0.15, 0.2) is 39.7 Å². The van der Waals surface area contributed by atoms with Crippen LogP contribution in [0, 0.1) is 0 Å². The number of aromatic carboxylic acids is 1. The van der Waals surface area contributed by atoms with Gasteiger partial charge in [0.15, 0.2) is 0 Å². The molecule has 2 heterocycles. The summed E-state index contributed by atoms with van der Waals surface area (Å²) in [7, 11) is 1.17. The van der Waals surface area contributed by atoms with Gasteiger partial charge in [0.25, 0.3) is 11.1 Å². The second-order valence-electron chi connectivity index (χ2n) is 5.95. The standard InChI is InChI=1S/C19H14ClNO7S/c1-9(18(25)27-2)21-16(22)15(29-19(21)26)8-11-4-6-14(28-11)10-3-5-12(17(23)24)13(20)7-10/h3-9H,1-2H3,(H,23,24)/b15-8-/t9-/m0/s1. The SMILES string of the molecule is COC(=O)[C@H](C)N1C(=O)S/C(=C\c2ccc(-c3ccc(C(=O)O)c(Cl)c3)o2)C1=O. The van der Waals surface area contributed by atoms with Crippen LogP contribution in [0.25, 0.3) is 17.4 Å². The van der Waals surface area contributed by atoms with Crippen molar-refractivity contribution in [3.8, 4) is 11.3 Å². The molecule has 8 nitrogen and oxygen atoms in total. The predicted molar refractivity (Wildman–Crippen MR) is 105 cm³/mol. The van der Waals surface area contributed by atoms with Crippen molar-refractivity contribution in [1.29, 1.82) is 0 Å². The summed E-state index contributed by atoms with van der Waals surface area (Å²) in [4.78, 5) is 48.3. The van der Waals surface area contributed by atoms with Crippen LogP contribution in [0.1, 0.15) is 23.0 Å². The number of rotatable bonds is 5. The zero-order chi connectivity index (χ0) is 21.3. The number of esters is 1. The third-order valence-electron chi connectivity index (χ3n) is 4.14. The molecule has 1 aliphatic rings. The monoisotopic (exact) mass is 435 g/mol. The molecule has 10 heteroatoms. The summed E-state index contributed by atoms with van der Waals surface area (Å²) in [6.45, 7) is 1.40. The molecule has 29 heavy (non-hydrogen) atoms. The molecule has 2 aromatic rings. The molecule has 0 unspecified atom stereocenters. The lowest BCUT2D eigenvalue weighted by Gasteiger charge is -2.18. The van der Waals surface area contributed by atoms with E-state index in [0.29, 0.717) is 28.8 Å². The first-order valence-electron chi connectivity index (χ1n) is 8.21. The second-order valence-corrected chi connectivity index (χ2v) is 7.35. The number of ether oxygens (including phenoxy) is 1. The van der Waals surface area contributed by atoms with E-state index in [9.17, 15) is 19.2 Å². The summed E-state index contributed by atoms with van der Waals surface area (Å²) in [5.74, 6) is -1.76. The number of amides is 2. The fourth-order valence-electron chi connectivity index (χ4n) is 2.65. The second kappa shape index (κ2) is 8.14. The fraction of sp³-hybridized carbons (Fsp3) is 0.158. The van der Waals surface area contributed by atoms with Gasteiger partial charge in [0.05, 0.1) is 22.6 Å². The Morgan fingerprint density at radius 2 is 2.00 bits per heavy atom. The zero-order valence-electron chi connectivity index (χ0n) is 15.2. The summed E-state index contributed by atoms with van der Waals surface area (Å²) in [5.41, 5.74) is 0.516. The van der Waals surface area contributed by atoms with Crippen molar-refractivity contribution in [3.05, 3.63) is 51.6 Å². The van der Waals surface area contributed by atoms with Gasteiger partial charge in [-0.1, -0.05) is 17.7 Å². The maximum absolute atomic E-state index is 12.5. The average Bonchev–Trinajstić information content (AvgIpc) is 3.25. The maximum atomic E-state index is 12.5. The van der Waals surface area contributed by atoms with Crippen LogP contribution >= 0.6 is 23.4 Å². The number of furan rings is 1. The Morgan fingerprint density at radius 1 is 1.28 bits per heavy atom. The Bertz CT molecular complexity index is 1060. The van der Waals surface area contributed by atoms with Gasteiger partial charge >= 0.3 is 11.9 Å². The highest BCUT2D eigenvalue weighted by Crippen LogP contribution is 2.35. The number of thioether (sulfide) groups is 1. The van der Waals surface area contributed by atoms with Crippen LogP contribution < -0.4 is 0 Å². The van der Waals surface area contributed by atoms with E-state index in [2.05, 4.69) is 4.74 Å². The van der Waals surface area contributed by atoms with E-state index >= 15 is 0 Å². The number of halogens is 1. The molecule has 1 fully saturated rings. The zero-order valence-corrected chi connectivity index (χ0v) is 16.7. The van der Waals surface area contributed by atoms with Crippen molar-refractivity contribution < 1.29 is 33.4 Å². The number of benzene rings is 1. The van der Waals surface area contributed by atoms with Crippen molar-refractivity contribution >= 4 is 52.5 Å². The quantitative estimate of drug-likeness (QED) is 0.555. The molecule has 150 valence electrons. The number of imide groups is 1. The highest BCUT2D eigenvalue weighted by molar-refractivity contribution is 8.18. The van der Waals surface area contributed by atoms with E-state index in [1.807, 2.05) is 0 Å². The average molecular weight is 436 g/mol. The van der Waals surface area contributed by atoms with Gasteiger partial charge in [-0.15, -0.1) is 0 Å². The number of hydrogen-bond donors (Lipinski definition) is 1. The van der Waals surface area contributed by atoms with Gasteiger partial charge in [-0.25, -0.2) is 9.59 Å². The smallest absolute Gasteiger partial charge is 0.337 e. The first kappa shape index (κ1) is 20.7. The number of carbonyl (C=O) groups excluding carboxylic acids is 3. The van der Waals surface area contributed by atoms with Crippen molar-refractivity contribution in [2.24, 2.45) is 0 Å². The minimum Gasteiger partial charge on any atom is -0.478 e. The molecule has 1 atom stereocenters. The molecule has 1 saturated heterocycles. The highest BCUT2D eigenvalue weighted by atomic mass is 35.5. The summed E-state index contributed by atoms with van der Waals surface area (Å²) in [6.07, 6.45) is 1.39. The van der Waals surface area contributed by atoms with Gasteiger partial charge in [0.2, 0.25) is 0 Å². The van der Waals surface area contributed by atoms with E-state index in [-0.39, 0.29) is 15.5 Å². The maximum Gasteiger partial charge on any atom is 0.337 e.